The molecule has 3 heteroatoms. The molecule has 1 aromatic carbocycles. The Kier molecular flexibility index (Phi) is 4.48. The molecule has 2 rings (SSSR count). The van der Waals surface area contributed by atoms with E-state index in [0.717, 1.165) is 42.0 Å². The maximum atomic E-state index is 5.42. The number of ether oxygens (including phenoxy) is 2. The van der Waals surface area contributed by atoms with Crippen LogP contribution in [0, 0.1) is 11.8 Å². The van der Waals surface area contributed by atoms with E-state index >= 15 is 0 Å². The van der Waals surface area contributed by atoms with E-state index in [1.54, 1.807) is 14.2 Å². The molecular weight excluding hydrogens is 226 g/mol. The van der Waals surface area contributed by atoms with Crippen molar-refractivity contribution >= 4 is 0 Å². The van der Waals surface area contributed by atoms with Crippen molar-refractivity contribution in [3.05, 3.63) is 23.8 Å². The van der Waals surface area contributed by atoms with Gasteiger partial charge in [0.1, 0.15) is 0 Å². The van der Waals surface area contributed by atoms with Crippen molar-refractivity contribution in [3.63, 3.8) is 0 Å². The molecule has 0 aliphatic heterocycles. The summed E-state index contributed by atoms with van der Waals surface area (Å²) in [5.74, 6) is 3.37. The summed E-state index contributed by atoms with van der Waals surface area (Å²) in [6.45, 7) is 4.23. The second-order valence-corrected chi connectivity index (χ2v) is 5.10. The van der Waals surface area contributed by atoms with E-state index in [2.05, 4.69) is 18.3 Å². The number of benzene rings is 1. The maximum absolute atomic E-state index is 5.42. The molecule has 18 heavy (non-hydrogen) atoms. The normalized spacial score (nSPS) is 16.4. The summed E-state index contributed by atoms with van der Waals surface area (Å²) in [5, 5.41) is 3.51. The highest BCUT2D eigenvalue weighted by molar-refractivity contribution is 5.46. The molecule has 1 N–H and O–H groups in total. The Bertz CT molecular complexity index is 388. The van der Waals surface area contributed by atoms with Crippen LogP contribution < -0.4 is 14.8 Å². The lowest BCUT2D eigenvalue weighted by Crippen LogP contribution is -2.22. The van der Waals surface area contributed by atoms with Crippen LogP contribution in [0.2, 0.25) is 0 Å². The second-order valence-electron chi connectivity index (χ2n) is 5.10. The van der Waals surface area contributed by atoms with Crippen LogP contribution in [0.1, 0.15) is 25.3 Å². The number of hydrogen-bond acceptors (Lipinski definition) is 3. The SMILES string of the molecule is COc1cccc(CNCC(C)C2CC2)c1OC. The van der Waals surface area contributed by atoms with E-state index < -0.39 is 0 Å². The van der Waals surface area contributed by atoms with Gasteiger partial charge in [0.15, 0.2) is 11.5 Å². The fourth-order valence-corrected chi connectivity index (χ4v) is 2.36. The average Bonchev–Trinajstić information content (AvgIpc) is 3.22. The standard InChI is InChI=1S/C15H23NO2/c1-11(12-7-8-12)9-16-10-13-5-4-6-14(17-2)15(13)18-3/h4-6,11-12,16H,7-10H2,1-3H3. The van der Waals surface area contributed by atoms with Gasteiger partial charge >= 0.3 is 0 Å². The van der Waals surface area contributed by atoms with Crippen LogP contribution in [0.15, 0.2) is 18.2 Å². The molecular formula is C15H23NO2. The van der Waals surface area contributed by atoms with Crippen molar-refractivity contribution in [2.45, 2.75) is 26.3 Å². The van der Waals surface area contributed by atoms with Crippen molar-refractivity contribution < 1.29 is 9.47 Å². The predicted octanol–water partition coefficient (Wildman–Crippen LogP) is 2.84. The Morgan fingerprint density at radius 2 is 2.06 bits per heavy atom. The lowest BCUT2D eigenvalue weighted by atomic mass is 10.1. The second kappa shape index (κ2) is 6.10. The third-order valence-corrected chi connectivity index (χ3v) is 3.69. The summed E-state index contributed by atoms with van der Waals surface area (Å²) in [6.07, 6.45) is 2.82. The van der Waals surface area contributed by atoms with Gasteiger partial charge in [0.2, 0.25) is 0 Å². The van der Waals surface area contributed by atoms with Crippen LogP contribution >= 0.6 is 0 Å². The molecule has 1 atom stereocenters. The van der Waals surface area contributed by atoms with Gasteiger partial charge in [-0.1, -0.05) is 19.1 Å². The van der Waals surface area contributed by atoms with Gasteiger partial charge in [0.05, 0.1) is 14.2 Å². The maximum Gasteiger partial charge on any atom is 0.165 e. The molecule has 0 radical (unpaired) electrons. The number of rotatable bonds is 7. The Morgan fingerprint density at radius 1 is 1.28 bits per heavy atom. The fourth-order valence-electron chi connectivity index (χ4n) is 2.36. The smallest absolute Gasteiger partial charge is 0.165 e. The van der Waals surface area contributed by atoms with Crippen LogP contribution in [-0.4, -0.2) is 20.8 Å². The van der Waals surface area contributed by atoms with Gasteiger partial charge in [-0.25, -0.2) is 0 Å². The summed E-state index contributed by atoms with van der Waals surface area (Å²) in [4.78, 5) is 0. The minimum Gasteiger partial charge on any atom is -0.493 e. The van der Waals surface area contributed by atoms with Crippen LogP contribution in [0.5, 0.6) is 11.5 Å². The summed E-state index contributed by atoms with van der Waals surface area (Å²) in [5.41, 5.74) is 1.15. The Morgan fingerprint density at radius 3 is 2.67 bits per heavy atom. The minimum atomic E-state index is 0.779. The number of nitrogens with one attached hydrogen (secondary N) is 1. The summed E-state index contributed by atoms with van der Waals surface area (Å²) >= 11 is 0. The molecule has 1 aliphatic carbocycles. The topological polar surface area (TPSA) is 30.5 Å². The van der Waals surface area contributed by atoms with E-state index in [-0.39, 0.29) is 0 Å². The molecule has 0 spiro atoms. The third-order valence-electron chi connectivity index (χ3n) is 3.69. The molecule has 1 saturated carbocycles. The van der Waals surface area contributed by atoms with Gasteiger partial charge in [0, 0.05) is 12.1 Å². The van der Waals surface area contributed by atoms with Gasteiger partial charge in [-0.2, -0.15) is 0 Å². The molecule has 0 heterocycles. The lowest BCUT2D eigenvalue weighted by molar-refractivity contribution is 0.350. The molecule has 0 aromatic heterocycles. The van der Waals surface area contributed by atoms with Crippen molar-refractivity contribution in [1.29, 1.82) is 0 Å². The van der Waals surface area contributed by atoms with Crippen molar-refractivity contribution in [3.8, 4) is 11.5 Å². The molecule has 0 saturated heterocycles. The number of hydrogen-bond donors (Lipinski definition) is 1. The van der Waals surface area contributed by atoms with Crippen LogP contribution in [0.4, 0.5) is 0 Å². The quantitative estimate of drug-likeness (QED) is 0.806. The molecule has 0 bridgehead atoms. The van der Waals surface area contributed by atoms with Crippen molar-refractivity contribution in [2.24, 2.45) is 11.8 Å². The molecule has 1 aliphatic rings. The van der Waals surface area contributed by atoms with Crippen molar-refractivity contribution in [1.82, 2.24) is 5.32 Å². The van der Waals surface area contributed by atoms with Crippen LogP contribution in [0.25, 0.3) is 0 Å². The zero-order valence-electron chi connectivity index (χ0n) is 11.5. The van der Waals surface area contributed by atoms with Crippen LogP contribution in [-0.2, 0) is 6.54 Å². The van der Waals surface area contributed by atoms with Crippen LogP contribution in [0.3, 0.4) is 0 Å². The fraction of sp³-hybridized carbons (Fsp3) is 0.600. The lowest BCUT2D eigenvalue weighted by Gasteiger charge is -2.15. The monoisotopic (exact) mass is 249 g/mol. The van der Waals surface area contributed by atoms with Gasteiger partial charge in [-0.05, 0) is 37.3 Å². The van der Waals surface area contributed by atoms with Gasteiger partial charge in [-0.15, -0.1) is 0 Å². The first-order valence-corrected chi connectivity index (χ1v) is 6.66. The summed E-state index contributed by atoms with van der Waals surface area (Å²) in [7, 11) is 3.36. The van der Waals surface area contributed by atoms with E-state index in [0.29, 0.717) is 0 Å². The Balaban J connectivity index is 1.91. The molecule has 100 valence electrons. The van der Waals surface area contributed by atoms with E-state index in [4.69, 9.17) is 9.47 Å². The van der Waals surface area contributed by atoms with Crippen molar-refractivity contribution in [2.75, 3.05) is 20.8 Å². The highest BCUT2D eigenvalue weighted by atomic mass is 16.5. The first kappa shape index (κ1) is 13.2. The summed E-state index contributed by atoms with van der Waals surface area (Å²) in [6, 6.07) is 6.01. The molecule has 1 aromatic rings. The van der Waals surface area contributed by atoms with E-state index in [9.17, 15) is 0 Å². The molecule has 3 nitrogen and oxygen atoms in total. The minimum absolute atomic E-state index is 0.779. The zero-order chi connectivity index (χ0) is 13.0. The number of methoxy groups -OCH3 is 2. The molecule has 1 fully saturated rings. The highest BCUT2D eigenvalue weighted by Crippen LogP contribution is 2.36. The Labute approximate surface area is 109 Å². The zero-order valence-corrected chi connectivity index (χ0v) is 11.5. The first-order chi connectivity index (χ1) is 8.76. The molecule has 1 unspecified atom stereocenters. The molecule has 0 amide bonds. The van der Waals surface area contributed by atoms with E-state index in [1.807, 2.05) is 12.1 Å². The predicted molar refractivity (Wildman–Crippen MR) is 73.1 cm³/mol. The first-order valence-electron chi connectivity index (χ1n) is 6.66. The Hall–Kier alpha value is -1.22. The van der Waals surface area contributed by atoms with E-state index in [1.165, 1.54) is 12.8 Å². The largest absolute Gasteiger partial charge is 0.493 e. The number of para-hydroxylation sites is 1. The third kappa shape index (κ3) is 3.16. The van der Waals surface area contributed by atoms with Gasteiger partial charge in [-0.3, -0.25) is 0 Å². The van der Waals surface area contributed by atoms with Gasteiger partial charge in [0.25, 0.3) is 0 Å². The average molecular weight is 249 g/mol. The van der Waals surface area contributed by atoms with Gasteiger partial charge < -0.3 is 14.8 Å². The highest BCUT2D eigenvalue weighted by Gasteiger charge is 2.27. The summed E-state index contributed by atoms with van der Waals surface area (Å²) < 4.78 is 10.7.